The van der Waals surface area contributed by atoms with Crippen LogP contribution in [-0.4, -0.2) is 34.9 Å². The number of fused-ring (bicyclic) bond motifs is 3. The fraction of sp³-hybridized carbons (Fsp3) is 0.159. The molecule has 0 radical (unpaired) electrons. The van der Waals surface area contributed by atoms with Crippen molar-refractivity contribution in [1.29, 1.82) is 0 Å². The van der Waals surface area contributed by atoms with E-state index in [-0.39, 0.29) is 5.41 Å². The van der Waals surface area contributed by atoms with E-state index in [1.54, 1.807) is 0 Å². The lowest BCUT2D eigenvalue weighted by atomic mass is 9.43. The molecule has 15 rings (SSSR count). The molecule has 4 bridgehead atoms. The lowest BCUT2D eigenvalue weighted by Gasteiger charge is -2.61. The van der Waals surface area contributed by atoms with E-state index in [1.807, 2.05) is 103 Å². The predicted molar refractivity (Wildman–Crippen MR) is 278 cm³/mol. The SMILES string of the molecule is c1ccc(-c2nc(-c3ccccc3)nc(-c3ccc(-c4ccc5c(c4)C4(c6cc(-c7ccc(-c8nc(-c9ccccc9)nc(-c9ccccc9)n8)cn7)ccc6-5)C5CC6CC(C5)CC4C6)cc3)n2)cc1. The van der Waals surface area contributed by atoms with Gasteiger partial charge in [0.15, 0.2) is 34.9 Å². The van der Waals surface area contributed by atoms with Crippen LogP contribution in [0.15, 0.2) is 200 Å². The van der Waals surface area contributed by atoms with E-state index in [0.717, 1.165) is 56.5 Å². The molecular formula is C63H47N7. The molecule has 0 atom stereocenters. The minimum atomic E-state index is -0.0247. The average molecular weight is 902 g/mol. The number of benzene rings is 7. The molecular weight excluding hydrogens is 855 g/mol. The van der Waals surface area contributed by atoms with E-state index in [9.17, 15) is 0 Å². The van der Waals surface area contributed by atoms with Crippen molar-refractivity contribution in [3.05, 3.63) is 211 Å². The maximum atomic E-state index is 5.14. The molecule has 0 unspecified atom stereocenters. The zero-order chi connectivity index (χ0) is 46.2. The number of hydrogen-bond acceptors (Lipinski definition) is 7. The summed E-state index contributed by atoms with van der Waals surface area (Å²) in [4.78, 5) is 34.9. The van der Waals surface area contributed by atoms with Crippen LogP contribution < -0.4 is 0 Å². The third kappa shape index (κ3) is 6.82. The van der Waals surface area contributed by atoms with Gasteiger partial charge in [0.05, 0.1) is 5.69 Å². The van der Waals surface area contributed by atoms with Gasteiger partial charge in [0.1, 0.15) is 0 Å². The number of pyridine rings is 1. The van der Waals surface area contributed by atoms with Crippen LogP contribution in [0.1, 0.15) is 43.2 Å². The van der Waals surface area contributed by atoms with Gasteiger partial charge in [-0.3, -0.25) is 4.98 Å². The zero-order valence-electron chi connectivity index (χ0n) is 38.5. The van der Waals surface area contributed by atoms with Crippen LogP contribution in [0, 0.1) is 23.7 Å². The van der Waals surface area contributed by atoms with Crippen molar-refractivity contribution in [1.82, 2.24) is 34.9 Å². The molecule has 3 heterocycles. The molecule has 0 aliphatic heterocycles. The topological polar surface area (TPSA) is 90.2 Å². The minimum Gasteiger partial charge on any atom is -0.255 e. The first-order valence-electron chi connectivity index (χ1n) is 24.7. The van der Waals surface area contributed by atoms with Crippen LogP contribution in [0.25, 0.3) is 102 Å². The van der Waals surface area contributed by atoms with Crippen LogP contribution >= 0.6 is 0 Å². The Balaban J connectivity index is 0.820. The number of nitrogens with zero attached hydrogens (tertiary/aromatic N) is 7. The molecule has 0 amide bonds. The highest BCUT2D eigenvalue weighted by Gasteiger charge is 2.61. The summed E-state index contributed by atoms with van der Waals surface area (Å²) in [6.45, 7) is 0. The lowest BCUT2D eigenvalue weighted by molar-refractivity contribution is -0.0399. The predicted octanol–water partition coefficient (Wildman–Crippen LogP) is 14.5. The van der Waals surface area contributed by atoms with Crippen LogP contribution in [-0.2, 0) is 5.41 Å². The van der Waals surface area contributed by atoms with Gasteiger partial charge in [0.2, 0.25) is 0 Å². The zero-order valence-corrected chi connectivity index (χ0v) is 38.5. The summed E-state index contributed by atoms with van der Waals surface area (Å²) in [6, 6.07) is 68.1. The second-order valence-electron chi connectivity index (χ2n) is 19.8. The Morgan fingerprint density at radius 3 is 1.06 bits per heavy atom. The van der Waals surface area contributed by atoms with Gasteiger partial charge in [0.25, 0.3) is 0 Å². The molecule has 3 aromatic heterocycles. The first kappa shape index (κ1) is 40.7. The highest BCUT2D eigenvalue weighted by atomic mass is 15.0. The first-order chi connectivity index (χ1) is 34.6. The molecule has 7 heteroatoms. The second kappa shape index (κ2) is 16.4. The third-order valence-corrected chi connectivity index (χ3v) is 15.8. The van der Waals surface area contributed by atoms with Crippen LogP contribution in [0.2, 0.25) is 0 Å². The molecule has 4 fully saturated rings. The molecule has 4 saturated carbocycles. The standard InChI is InChI=1S/C63H47N7/c1-5-13-42(14-6-1)57-65-58(43-15-7-2-8-16-43)68-61(67-57)46-23-21-41(22-24-46)47-25-28-52-53-29-26-48(37-55(53)63(54(52)36-47)50-32-39-31-40(34-50)35-51(63)33-39)56-30-27-49(38-64-56)62-69-59(44-17-9-3-10-18-44)66-60(70-62)45-19-11-4-12-20-45/h1-30,36-40,50-51H,31-35H2. The Labute approximate surface area is 407 Å². The Morgan fingerprint density at radius 1 is 0.300 bits per heavy atom. The summed E-state index contributed by atoms with van der Waals surface area (Å²) >= 11 is 0. The van der Waals surface area contributed by atoms with Crippen molar-refractivity contribution < 1.29 is 0 Å². The summed E-state index contributed by atoms with van der Waals surface area (Å²) in [5, 5.41) is 0. The molecule has 70 heavy (non-hydrogen) atoms. The van der Waals surface area contributed by atoms with E-state index in [2.05, 4.69) is 97.1 Å². The minimum absolute atomic E-state index is 0.0247. The normalized spacial score (nSPS) is 20.3. The molecule has 5 aliphatic rings. The van der Waals surface area contributed by atoms with Crippen molar-refractivity contribution in [2.45, 2.75) is 37.5 Å². The summed E-state index contributed by atoms with van der Waals surface area (Å²) in [7, 11) is 0. The highest BCUT2D eigenvalue weighted by Crippen LogP contribution is 2.69. The highest BCUT2D eigenvalue weighted by molar-refractivity contribution is 5.87. The van der Waals surface area contributed by atoms with Crippen molar-refractivity contribution >= 4 is 0 Å². The van der Waals surface area contributed by atoms with Gasteiger partial charge in [0, 0.05) is 50.6 Å². The van der Waals surface area contributed by atoms with E-state index >= 15 is 0 Å². The second-order valence-corrected chi connectivity index (χ2v) is 19.8. The number of hydrogen-bond donors (Lipinski definition) is 0. The molecule has 7 nitrogen and oxygen atoms in total. The monoisotopic (exact) mass is 901 g/mol. The lowest BCUT2D eigenvalue weighted by Crippen LogP contribution is -2.55. The van der Waals surface area contributed by atoms with Crippen LogP contribution in [0.3, 0.4) is 0 Å². The van der Waals surface area contributed by atoms with Crippen molar-refractivity contribution in [2.75, 3.05) is 0 Å². The summed E-state index contributed by atoms with van der Waals surface area (Å²) in [5.74, 6) is 6.81. The van der Waals surface area contributed by atoms with E-state index in [0.29, 0.717) is 46.8 Å². The molecule has 0 N–H and O–H groups in total. The maximum absolute atomic E-state index is 5.14. The molecule has 5 aliphatic carbocycles. The Kier molecular flexibility index (Phi) is 9.58. The van der Waals surface area contributed by atoms with Gasteiger partial charge in [-0.2, -0.15) is 0 Å². The number of aromatic nitrogens is 7. The van der Waals surface area contributed by atoms with Crippen LogP contribution in [0.5, 0.6) is 0 Å². The quantitative estimate of drug-likeness (QED) is 0.150. The summed E-state index contributed by atoms with van der Waals surface area (Å²) in [6.07, 6.45) is 8.58. The molecule has 10 aromatic rings. The van der Waals surface area contributed by atoms with Gasteiger partial charge in [-0.25, -0.2) is 29.9 Å². The van der Waals surface area contributed by atoms with Gasteiger partial charge in [-0.1, -0.05) is 170 Å². The fourth-order valence-corrected chi connectivity index (χ4v) is 12.9. The van der Waals surface area contributed by atoms with Crippen molar-refractivity contribution in [3.8, 4) is 102 Å². The smallest absolute Gasteiger partial charge is 0.165 e. The Hall–Kier alpha value is -8.29. The molecule has 0 saturated heterocycles. The van der Waals surface area contributed by atoms with E-state index in [4.69, 9.17) is 34.9 Å². The Bertz CT molecular complexity index is 3220. The van der Waals surface area contributed by atoms with Gasteiger partial charge < -0.3 is 0 Å². The Morgan fingerprint density at radius 2 is 0.643 bits per heavy atom. The molecule has 334 valence electrons. The third-order valence-electron chi connectivity index (χ3n) is 15.8. The van der Waals surface area contributed by atoms with Gasteiger partial charge in [-0.05, 0) is 113 Å². The van der Waals surface area contributed by atoms with E-state index in [1.165, 1.54) is 65.5 Å². The molecule has 7 aromatic carbocycles. The van der Waals surface area contributed by atoms with Crippen LogP contribution in [0.4, 0.5) is 0 Å². The molecule has 1 spiro atoms. The fourth-order valence-electron chi connectivity index (χ4n) is 12.9. The van der Waals surface area contributed by atoms with Crippen molar-refractivity contribution in [2.24, 2.45) is 23.7 Å². The largest absolute Gasteiger partial charge is 0.255 e. The van der Waals surface area contributed by atoms with Gasteiger partial charge in [-0.15, -0.1) is 0 Å². The number of rotatable bonds is 8. The van der Waals surface area contributed by atoms with Gasteiger partial charge >= 0.3 is 0 Å². The average Bonchev–Trinajstić information content (AvgIpc) is 3.72. The van der Waals surface area contributed by atoms with E-state index < -0.39 is 0 Å². The first-order valence-corrected chi connectivity index (χ1v) is 24.7. The van der Waals surface area contributed by atoms with Crippen molar-refractivity contribution in [3.63, 3.8) is 0 Å². The summed E-state index contributed by atoms with van der Waals surface area (Å²) in [5.41, 5.74) is 16.0. The summed E-state index contributed by atoms with van der Waals surface area (Å²) < 4.78 is 0. The maximum Gasteiger partial charge on any atom is 0.165 e.